The Labute approximate surface area is 177 Å². The standard InChI is InChI=1S/C22H30N4O4/c1-15-19(16(2)30-24-15)14-25-10-12-26(13-11-25)20(27)17-6-8-18(9-7-17)23-21(28)29-22(3,4)5/h6-9H,10-14H2,1-5H3,(H,23,28). The summed E-state index contributed by atoms with van der Waals surface area (Å²) in [7, 11) is 0. The average Bonchev–Trinajstić information content (AvgIpc) is 2.99. The maximum absolute atomic E-state index is 12.8. The Balaban J connectivity index is 1.52. The Morgan fingerprint density at radius 3 is 2.27 bits per heavy atom. The molecule has 162 valence electrons. The molecule has 8 heteroatoms. The van der Waals surface area contributed by atoms with Crippen molar-refractivity contribution in [2.45, 2.75) is 46.8 Å². The Hall–Kier alpha value is -2.87. The number of anilines is 1. The van der Waals surface area contributed by atoms with Gasteiger partial charge < -0.3 is 14.2 Å². The lowest BCUT2D eigenvalue weighted by atomic mass is 10.1. The predicted molar refractivity (Wildman–Crippen MR) is 113 cm³/mol. The van der Waals surface area contributed by atoms with Crippen LogP contribution in [0.25, 0.3) is 0 Å². The van der Waals surface area contributed by atoms with Gasteiger partial charge in [-0.2, -0.15) is 0 Å². The number of benzene rings is 1. The van der Waals surface area contributed by atoms with Crippen molar-refractivity contribution in [2.75, 3.05) is 31.5 Å². The molecule has 1 aromatic carbocycles. The molecule has 1 saturated heterocycles. The topological polar surface area (TPSA) is 87.9 Å². The van der Waals surface area contributed by atoms with Crippen LogP contribution in [0.1, 0.15) is 48.1 Å². The van der Waals surface area contributed by atoms with Gasteiger partial charge >= 0.3 is 6.09 Å². The molecular formula is C22H30N4O4. The van der Waals surface area contributed by atoms with Crippen molar-refractivity contribution in [3.05, 3.63) is 46.8 Å². The van der Waals surface area contributed by atoms with Gasteiger partial charge in [-0.3, -0.25) is 15.0 Å². The van der Waals surface area contributed by atoms with E-state index in [-0.39, 0.29) is 5.91 Å². The summed E-state index contributed by atoms with van der Waals surface area (Å²) in [5, 5.41) is 6.68. The van der Waals surface area contributed by atoms with E-state index in [0.717, 1.165) is 36.7 Å². The van der Waals surface area contributed by atoms with Crippen LogP contribution in [0.3, 0.4) is 0 Å². The van der Waals surface area contributed by atoms with Crippen molar-refractivity contribution in [1.29, 1.82) is 0 Å². The van der Waals surface area contributed by atoms with Crippen molar-refractivity contribution in [1.82, 2.24) is 15.0 Å². The number of rotatable bonds is 4. The van der Waals surface area contributed by atoms with Crippen LogP contribution in [-0.4, -0.2) is 58.7 Å². The van der Waals surface area contributed by atoms with Gasteiger partial charge in [0.25, 0.3) is 5.91 Å². The fourth-order valence-corrected chi connectivity index (χ4v) is 3.36. The van der Waals surface area contributed by atoms with E-state index in [1.165, 1.54) is 0 Å². The fraction of sp³-hybridized carbons (Fsp3) is 0.500. The van der Waals surface area contributed by atoms with E-state index in [1.54, 1.807) is 24.3 Å². The number of amides is 2. The average molecular weight is 415 g/mol. The first kappa shape index (κ1) is 21.8. The minimum atomic E-state index is -0.562. The van der Waals surface area contributed by atoms with Crippen molar-refractivity contribution in [3.8, 4) is 0 Å². The second-order valence-electron chi connectivity index (χ2n) is 8.58. The summed E-state index contributed by atoms with van der Waals surface area (Å²) >= 11 is 0. The second-order valence-corrected chi connectivity index (χ2v) is 8.58. The number of nitrogens with zero attached hydrogens (tertiary/aromatic N) is 3. The molecule has 2 heterocycles. The second kappa shape index (κ2) is 8.87. The molecule has 0 radical (unpaired) electrons. The van der Waals surface area contributed by atoms with Gasteiger partial charge in [-0.1, -0.05) is 5.16 Å². The van der Waals surface area contributed by atoms with Crippen molar-refractivity contribution in [2.24, 2.45) is 0 Å². The van der Waals surface area contributed by atoms with E-state index in [9.17, 15) is 9.59 Å². The highest BCUT2D eigenvalue weighted by atomic mass is 16.6. The lowest BCUT2D eigenvalue weighted by Crippen LogP contribution is -2.48. The van der Waals surface area contributed by atoms with E-state index in [2.05, 4.69) is 15.4 Å². The zero-order valence-electron chi connectivity index (χ0n) is 18.3. The molecule has 1 aromatic heterocycles. The molecule has 2 aromatic rings. The summed E-state index contributed by atoms with van der Waals surface area (Å²) in [6.07, 6.45) is -0.518. The molecule has 0 unspecified atom stereocenters. The monoisotopic (exact) mass is 414 g/mol. The molecule has 0 saturated carbocycles. The van der Waals surface area contributed by atoms with Crippen LogP contribution in [0.4, 0.5) is 10.5 Å². The van der Waals surface area contributed by atoms with Crippen LogP contribution in [0.15, 0.2) is 28.8 Å². The molecule has 3 rings (SSSR count). The quantitative estimate of drug-likeness (QED) is 0.823. The van der Waals surface area contributed by atoms with Gasteiger partial charge in [0.2, 0.25) is 0 Å². The van der Waals surface area contributed by atoms with Crippen LogP contribution in [0.2, 0.25) is 0 Å². The van der Waals surface area contributed by atoms with Gasteiger partial charge in [-0.05, 0) is 58.9 Å². The van der Waals surface area contributed by atoms with Crippen LogP contribution >= 0.6 is 0 Å². The fourth-order valence-electron chi connectivity index (χ4n) is 3.36. The lowest BCUT2D eigenvalue weighted by molar-refractivity contribution is 0.0623. The van der Waals surface area contributed by atoms with Gasteiger partial charge in [-0.25, -0.2) is 4.79 Å². The number of carbonyl (C=O) groups excluding carboxylic acids is 2. The normalized spacial score (nSPS) is 15.2. The number of aryl methyl sites for hydroxylation is 2. The highest BCUT2D eigenvalue weighted by Gasteiger charge is 2.24. The predicted octanol–water partition coefficient (Wildman–Crippen LogP) is 3.60. The maximum Gasteiger partial charge on any atom is 0.412 e. The number of nitrogens with one attached hydrogen (secondary N) is 1. The number of piperazine rings is 1. The summed E-state index contributed by atoms with van der Waals surface area (Å²) in [4.78, 5) is 28.9. The van der Waals surface area contributed by atoms with Crippen LogP contribution < -0.4 is 5.32 Å². The molecule has 1 aliphatic rings. The van der Waals surface area contributed by atoms with Crippen molar-refractivity contribution >= 4 is 17.7 Å². The summed E-state index contributed by atoms with van der Waals surface area (Å²) in [5.41, 5.74) is 2.68. The molecule has 0 atom stereocenters. The molecule has 1 fully saturated rings. The smallest absolute Gasteiger partial charge is 0.412 e. The first-order chi connectivity index (χ1) is 14.1. The van der Waals surface area contributed by atoms with Gasteiger partial charge in [0.1, 0.15) is 11.4 Å². The van der Waals surface area contributed by atoms with Crippen molar-refractivity contribution < 1.29 is 18.8 Å². The van der Waals surface area contributed by atoms with E-state index < -0.39 is 11.7 Å². The van der Waals surface area contributed by atoms with Gasteiger partial charge in [0.15, 0.2) is 0 Å². The summed E-state index contributed by atoms with van der Waals surface area (Å²) in [5.74, 6) is 0.849. The van der Waals surface area contributed by atoms with Crippen molar-refractivity contribution in [3.63, 3.8) is 0 Å². The zero-order chi connectivity index (χ0) is 21.9. The summed E-state index contributed by atoms with van der Waals surface area (Å²) in [6, 6.07) is 6.88. The minimum Gasteiger partial charge on any atom is -0.444 e. The van der Waals surface area contributed by atoms with Crippen LogP contribution in [0, 0.1) is 13.8 Å². The number of carbonyl (C=O) groups is 2. The van der Waals surface area contributed by atoms with E-state index in [1.807, 2.05) is 39.5 Å². The van der Waals surface area contributed by atoms with E-state index in [4.69, 9.17) is 9.26 Å². The molecule has 1 aliphatic heterocycles. The number of ether oxygens (including phenoxy) is 1. The molecule has 30 heavy (non-hydrogen) atoms. The van der Waals surface area contributed by atoms with Crippen LogP contribution in [-0.2, 0) is 11.3 Å². The number of aromatic nitrogens is 1. The molecule has 1 N–H and O–H groups in total. The minimum absolute atomic E-state index is 0.00388. The summed E-state index contributed by atoms with van der Waals surface area (Å²) < 4.78 is 10.5. The van der Waals surface area contributed by atoms with E-state index >= 15 is 0 Å². The zero-order valence-corrected chi connectivity index (χ0v) is 18.3. The molecule has 0 bridgehead atoms. The maximum atomic E-state index is 12.8. The third-order valence-electron chi connectivity index (χ3n) is 5.00. The van der Waals surface area contributed by atoms with Crippen LogP contribution in [0.5, 0.6) is 0 Å². The Bertz CT molecular complexity index is 871. The largest absolute Gasteiger partial charge is 0.444 e. The highest BCUT2D eigenvalue weighted by molar-refractivity contribution is 5.95. The third kappa shape index (κ3) is 5.60. The first-order valence-corrected chi connectivity index (χ1v) is 10.2. The Kier molecular flexibility index (Phi) is 6.45. The molecule has 0 aliphatic carbocycles. The summed E-state index contributed by atoms with van der Waals surface area (Å²) in [6.45, 7) is 13.0. The number of hydrogen-bond acceptors (Lipinski definition) is 6. The molecule has 8 nitrogen and oxygen atoms in total. The first-order valence-electron chi connectivity index (χ1n) is 10.2. The molecule has 2 amide bonds. The van der Waals surface area contributed by atoms with Gasteiger partial charge in [-0.15, -0.1) is 0 Å². The Morgan fingerprint density at radius 2 is 1.73 bits per heavy atom. The Morgan fingerprint density at radius 1 is 1.10 bits per heavy atom. The highest BCUT2D eigenvalue weighted by Crippen LogP contribution is 2.18. The SMILES string of the molecule is Cc1noc(C)c1CN1CCN(C(=O)c2ccc(NC(=O)OC(C)(C)C)cc2)CC1. The number of hydrogen-bond donors (Lipinski definition) is 1. The molecular weight excluding hydrogens is 384 g/mol. The molecule has 0 spiro atoms. The lowest BCUT2D eigenvalue weighted by Gasteiger charge is -2.34. The van der Waals surface area contributed by atoms with Gasteiger partial charge in [0, 0.05) is 49.5 Å². The third-order valence-corrected chi connectivity index (χ3v) is 5.00. The van der Waals surface area contributed by atoms with Gasteiger partial charge in [0.05, 0.1) is 5.69 Å². The van der Waals surface area contributed by atoms with E-state index in [0.29, 0.717) is 24.3 Å².